The molecule has 1 saturated heterocycles. The number of amides is 3. The number of aryl methyl sites for hydroxylation is 1. The lowest BCUT2D eigenvalue weighted by Crippen LogP contribution is -2.34. The van der Waals surface area contributed by atoms with Gasteiger partial charge in [0.15, 0.2) is 6.61 Å². The molecule has 3 rings (SSSR count). The summed E-state index contributed by atoms with van der Waals surface area (Å²) in [5, 5.41) is 2.51. The zero-order valence-corrected chi connectivity index (χ0v) is 19.2. The number of carbonyl (C=O) groups excluding carboxylic acids is 3. The molecule has 30 heavy (non-hydrogen) atoms. The molecule has 0 bridgehead atoms. The normalized spacial score (nSPS) is 15.2. The summed E-state index contributed by atoms with van der Waals surface area (Å²) in [6, 6.07) is 12.6. The third kappa shape index (κ3) is 5.31. The Morgan fingerprint density at radius 2 is 1.90 bits per heavy atom. The van der Waals surface area contributed by atoms with Gasteiger partial charge in [-0.15, -0.1) is 0 Å². The second kappa shape index (κ2) is 9.49. The molecule has 6 nitrogen and oxygen atoms in total. The summed E-state index contributed by atoms with van der Waals surface area (Å²) < 4.78 is 6.23. The number of carbonyl (C=O) groups is 3. The summed E-state index contributed by atoms with van der Waals surface area (Å²) in [6.07, 6.45) is 1.67. The van der Waals surface area contributed by atoms with Gasteiger partial charge in [-0.25, -0.2) is 0 Å². The van der Waals surface area contributed by atoms with E-state index in [2.05, 4.69) is 21.2 Å². The SMILES string of the molecule is Cc1ccc(NC(=O)COc2ccc(/C=C3/SC(=O)N(C(C)C)C3=O)cc2Br)cc1. The van der Waals surface area contributed by atoms with E-state index >= 15 is 0 Å². The van der Waals surface area contributed by atoms with E-state index in [4.69, 9.17) is 4.74 Å². The van der Waals surface area contributed by atoms with E-state index in [1.165, 1.54) is 4.90 Å². The van der Waals surface area contributed by atoms with E-state index in [0.29, 0.717) is 20.8 Å². The van der Waals surface area contributed by atoms with Crippen molar-refractivity contribution in [2.24, 2.45) is 0 Å². The van der Waals surface area contributed by atoms with Crippen molar-refractivity contribution in [2.45, 2.75) is 26.8 Å². The van der Waals surface area contributed by atoms with Gasteiger partial charge in [-0.05, 0) is 84.4 Å². The van der Waals surface area contributed by atoms with Crippen molar-refractivity contribution in [3.8, 4) is 5.75 Å². The van der Waals surface area contributed by atoms with Crippen LogP contribution in [0.2, 0.25) is 0 Å². The molecule has 0 atom stereocenters. The zero-order chi connectivity index (χ0) is 21.8. The molecule has 156 valence electrons. The fourth-order valence-corrected chi connectivity index (χ4v) is 4.25. The Morgan fingerprint density at radius 1 is 1.20 bits per heavy atom. The van der Waals surface area contributed by atoms with Crippen molar-refractivity contribution in [1.29, 1.82) is 0 Å². The number of halogens is 1. The van der Waals surface area contributed by atoms with Crippen molar-refractivity contribution in [3.05, 3.63) is 63.0 Å². The highest BCUT2D eigenvalue weighted by Gasteiger charge is 2.36. The number of rotatable bonds is 6. The van der Waals surface area contributed by atoms with E-state index in [9.17, 15) is 14.4 Å². The first kappa shape index (κ1) is 22.1. The fraction of sp³-hybridized carbons (Fsp3) is 0.227. The number of ether oxygens (including phenoxy) is 1. The molecule has 1 fully saturated rings. The molecule has 8 heteroatoms. The van der Waals surface area contributed by atoms with E-state index in [-0.39, 0.29) is 29.7 Å². The van der Waals surface area contributed by atoms with E-state index in [1.807, 2.05) is 31.2 Å². The highest BCUT2D eigenvalue weighted by molar-refractivity contribution is 9.10. The molecule has 0 aromatic heterocycles. The number of benzene rings is 2. The van der Waals surface area contributed by atoms with Gasteiger partial charge in [0.05, 0.1) is 9.38 Å². The second-order valence-corrected chi connectivity index (χ2v) is 8.89. The lowest BCUT2D eigenvalue weighted by molar-refractivity contribution is -0.123. The zero-order valence-electron chi connectivity index (χ0n) is 16.8. The molecular formula is C22H21BrN2O4S. The minimum absolute atomic E-state index is 0.140. The van der Waals surface area contributed by atoms with Gasteiger partial charge in [0.1, 0.15) is 5.75 Å². The predicted octanol–water partition coefficient (Wildman–Crippen LogP) is 5.22. The number of nitrogens with zero attached hydrogens (tertiary/aromatic N) is 1. The first-order chi connectivity index (χ1) is 14.2. The number of imide groups is 1. The molecule has 2 aromatic rings. The minimum Gasteiger partial charge on any atom is -0.483 e. The highest BCUT2D eigenvalue weighted by atomic mass is 79.9. The summed E-state index contributed by atoms with van der Waals surface area (Å²) in [6.45, 7) is 5.44. The maximum atomic E-state index is 12.4. The third-order valence-corrected chi connectivity index (χ3v) is 5.79. The second-order valence-electron chi connectivity index (χ2n) is 7.04. The molecule has 1 N–H and O–H groups in total. The molecule has 1 heterocycles. The predicted molar refractivity (Wildman–Crippen MR) is 122 cm³/mol. The lowest BCUT2D eigenvalue weighted by atomic mass is 10.2. The van der Waals surface area contributed by atoms with Gasteiger partial charge >= 0.3 is 0 Å². The van der Waals surface area contributed by atoms with Crippen LogP contribution in [0.1, 0.15) is 25.0 Å². The van der Waals surface area contributed by atoms with Crippen molar-refractivity contribution >= 4 is 56.5 Å². The van der Waals surface area contributed by atoms with Gasteiger partial charge in [0.2, 0.25) is 0 Å². The number of hydrogen-bond acceptors (Lipinski definition) is 5. The van der Waals surface area contributed by atoms with E-state index in [1.54, 1.807) is 38.1 Å². The highest BCUT2D eigenvalue weighted by Crippen LogP contribution is 2.34. The Labute approximate surface area is 187 Å². The van der Waals surface area contributed by atoms with Crippen LogP contribution in [0.3, 0.4) is 0 Å². The fourth-order valence-electron chi connectivity index (χ4n) is 2.78. The topological polar surface area (TPSA) is 75.7 Å². The van der Waals surface area contributed by atoms with Gasteiger partial charge in [-0.1, -0.05) is 23.8 Å². The van der Waals surface area contributed by atoms with Crippen LogP contribution >= 0.6 is 27.7 Å². The quantitative estimate of drug-likeness (QED) is 0.564. The van der Waals surface area contributed by atoms with Gasteiger partial charge in [-0.2, -0.15) is 0 Å². The molecule has 0 aliphatic carbocycles. The van der Waals surface area contributed by atoms with Crippen LogP contribution in [0.25, 0.3) is 6.08 Å². The van der Waals surface area contributed by atoms with Crippen molar-refractivity contribution in [1.82, 2.24) is 4.90 Å². The van der Waals surface area contributed by atoms with Gasteiger partial charge in [0, 0.05) is 11.7 Å². The molecule has 2 aromatic carbocycles. The Morgan fingerprint density at radius 3 is 2.50 bits per heavy atom. The molecule has 0 saturated carbocycles. The standard InChI is InChI=1S/C22H21BrN2O4S/c1-13(2)25-21(27)19(30-22(25)28)11-15-6-9-18(17(23)10-15)29-12-20(26)24-16-7-4-14(3)5-8-16/h4-11,13H,12H2,1-3H3,(H,24,26)/b19-11+. The maximum Gasteiger partial charge on any atom is 0.293 e. The largest absolute Gasteiger partial charge is 0.483 e. The van der Waals surface area contributed by atoms with E-state index in [0.717, 1.165) is 22.9 Å². The maximum absolute atomic E-state index is 12.4. The lowest BCUT2D eigenvalue weighted by Gasteiger charge is -2.16. The number of anilines is 1. The van der Waals surface area contributed by atoms with Crippen molar-refractivity contribution in [2.75, 3.05) is 11.9 Å². The Balaban J connectivity index is 1.63. The van der Waals surface area contributed by atoms with Crippen LogP contribution in [0.15, 0.2) is 51.8 Å². The molecule has 0 spiro atoms. The molecule has 0 radical (unpaired) electrons. The van der Waals surface area contributed by atoms with Gasteiger partial charge in [0.25, 0.3) is 17.1 Å². The van der Waals surface area contributed by atoms with Crippen LogP contribution < -0.4 is 10.1 Å². The summed E-state index contributed by atoms with van der Waals surface area (Å²) in [5.41, 5.74) is 2.56. The van der Waals surface area contributed by atoms with Crippen LogP contribution in [0.5, 0.6) is 5.75 Å². The summed E-state index contributed by atoms with van der Waals surface area (Å²) in [7, 11) is 0. The molecule has 0 unspecified atom stereocenters. The number of hydrogen-bond donors (Lipinski definition) is 1. The first-order valence-corrected chi connectivity index (χ1v) is 10.9. The summed E-state index contributed by atoms with van der Waals surface area (Å²) in [4.78, 5) is 38.1. The van der Waals surface area contributed by atoms with Gasteiger partial charge < -0.3 is 10.1 Å². The van der Waals surface area contributed by atoms with Gasteiger partial charge in [-0.3, -0.25) is 19.3 Å². The number of thioether (sulfide) groups is 1. The van der Waals surface area contributed by atoms with Crippen LogP contribution in [-0.2, 0) is 9.59 Å². The third-order valence-electron chi connectivity index (χ3n) is 4.29. The van der Waals surface area contributed by atoms with Crippen molar-refractivity contribution in [3.63, 3.8) is 0 Å². The molecule has 1 aliphatic rings. The molecule has 3 amide bonds. The smallest absolute Gasteiger partial charge is 0.293 e. The average molecular weight is 489 g/mol. The average Bonchev–Trinajstić information content (AvgIpc) is 2.96. The monoisotopic (exact) mass is 488 g/mol. The van der Waals surface area contributed by atoms with Crippen LogP contribution in [0.4, 0.5) is 10.5 Å². The first-order valence-electron chi connectivity index (χ1n) is 9.30. The summed E-state index contributed by atoms with van der Waals surface area (Å²) >= 11 is 4.36. The minimum atomic E-state index is -0.288. The van der Waals surface area contributed by atoms with Crippen LogP contribution in [-0.4, -0.2) is 34.6 Å². The molecular weight excluding hydrogens is 468 g/mol. The van der Waals surface area contributed by atoms with Crippen LogP contribution in [0, 0.1) is 6.92 Å². The molecule has 1 aliphatic heterocycles. The number of nitrogens with one attached hydrogen (secondary N) is 1. The summed E-state index contributed by atoms with van der Waals surface area (Å²) in [5.74, 6) is -0.0529. The van der Waals surface area contributed by atoms with E-state index < -0.39 is 0 Å². The Kier molecular flexibility index (Phi) is 6.99. The Hall–Kier alpha value is -2.58. The Bertz CT molecular complexity index is 1020. The van der Waals surface area contributed by atoms with Crippen molar-refractivity contribution < 1.29 is 19.1 Å².